The number of pyridine rings is 2. The first-order valence-corrected chi connectivity index (χ1v) is 17.3. The van der Waals surface area contributed by atoms with Gasteiger partial charge >= 0.3 is 12.2 Å². The molecule has 1 saturated carbocycles. The SMILES string of the molecule is CC.Cc1nc(N)cc(-c2nc3c4c(nc(OCC5(CN6CC7COCC(C7)C6)CC5)nc4c2F)NCCNCCC(C)O3)c1C(F)(F)F. The Morgan fingerprint density at radius 1 is 1.06 bits per heavy atom. The predicted molar refractivity (Wildman–Crippen MR) is 178 cm³/mol. The summed E-state index contributed by atoms with van der Waals surface area (Å²) in [4.78, 5) is 19.7. The van der Waals surface area contributed by atoms with Gasteiger partial charge in [-0.3, -0.25) is 0 Å². The Hall–Kier alpha value is -3.56. The molecule has 3 fully saturated rings. The largest absolute Gasteiger partial charge is 0.474 e. The topological polar surface area (TPSA) is 133 Å². The first-order valence-electron chi connectivity index (χ1n) is 17.3. The van der Waals surface area contributed by atoms with E-state index in [2.05, 4.69) is 35.5 Å². The summed E-state index contributed by atoms with van der Waals surface area (Å²) in [7, 11) is 0. The molecule has 7 rings (SSSR count). The number of nitrogens with one attached hydrogen (secondary N) is 2. The molecule has 2 saturated heterocycles. The van der Waals surface area contributed by atoms with Crippen LogP contribution in [0.3, 0.4) is 0 Å². The minimum Gasteiger partial charge on any atom is -0.474 e. The maximum absolute atomic E-state index is 16.6. The molecule has 3 atom stereocenters. The Labute approximate surface area is 283 Å². The van der Waals surface area contributed by atoms with E-state index in [-0.39, 0.29) is 39.8 Å². The number of nitrogen functional groups attached to an aromatic ring is 1. The molecule has 3 aromatic rings. The average molecular weight is 691 g/mol. The van der Waals surface area contributed by atoms with Gasteiger partial charge in [-0.15, -0.1) is 0 Å². The molecule has 0 spiro atoms. The second-order valence-electron chi connectivity index (χ2n) is 13.6. The third-order valence-electron chi connectivity index (χ3n) is 9.56. The normalized spacial score (nSPS) is 23.7. The van der Waals surface area contributed by atoms with Gasteiger partial charge in [0.1, 0.15) is 28.2 Å². The Bertz CT molecular complexity index is 1640. The van der Waals surface area contributed by atoms with E-state index in [1.165, 1.54) is 13.3 Å². The molecule has 49 heavy (non-hydrogen) atoms. The number of nitrogens with zero attached hydrogens (tertiary/aromatic N) is 5. The highest BCUT2D eigenvalue weighted by Gasteiger charge is 2.47. The lowest BCUT2D eigenvalue weighted by molar-refractivity contribution is -0.137. The number of ether oxygens (including phenoxy) is 3. The average Bonchev–Trinajstić information content (AvgIpc) is 3.81. The van der Waals surface area contributed by atoms with Gasteiger partial charge in [0.15, 0.2) is 5.82 Å². The molecule has 2 bridgehead atoms. The molecule has 268 valence electrons. The summed E-state index contributed by atoms with van der Waals surface area (Å²) in [6.07, 6.45) is -1.50. The zero-order chi connectivity index (χ0) is 34.9. The standard InChI is InChI=1S/C32H40F4N8O3.C2H6/c1-17-3-6-38-7-8-39-28-23-27(25(33)26(41-29(23)47-17)21-10-22(37)40-18(2)24(21)32(34,35)36)42-30(43-28)46-16-31(4-5-31)15-44-11-19-9-20(12-44)14-45-13-19;1-2/h10,17,19-20,38H,3-9,11-16H2,1-2H3,(H2,37,40)(H,39,42,43);1-2H3. The number of likely N-dealkylation sites (tertiary alicyclic amines) is 1. The van der Waals surface area contributed by atoms with Gasteiger partial charge in [-0.25, -0.2) is 14.4 Å². The van der Waals surface area contributed by atoms with Gasteiger partial charge < -0.3 is 35.5 Å². The monoisotopic (exact) mass is 690 g/mol. The fraction of sp³-hybridized carbons (Fsp3) is 0.647. The Balaban J connectivity index is 0.00000205. The lowest BCUT2D eigenvalue weighted by Gasteiger charge is -2.42. The molecular formula is C34H46F4N8O3. The second kappa shape index (κ2) is 14.4. The van der Waals surface area contributed by atoms with Gasteiger partial charge in [-0.1, -0.05) is 13.8 Å². The van der Waals surface area contributed by atoms with Crippen molar-refractivity contribution in [3.05, 3.63) is 23.1 Å². The fourth-order valence-electron chi connectivity index (χ4n) is 7.18. The minimum atomic E-state index is -4.85. The van der Waals surface area contributed by atoms with Gasteiger partial charge in [-0.05, 0) is 64.0 Å². The zero-order valence-corrected chi connectivity index (χ0v) is 28.6. The quantitative estimate of drug-likeness (QED) is 0.285. The Morgan fingerprint density at radius 3 is 2.49 bits per heavy atom. The van der Waals surface area contributed by atoms with Crippen LogP contribution in [0.5, 0.6) is 11.9 Å². The summed E-state index contributed by atoms with van der Waals surface area (Å²) in [6, 6.07) is 0.906. The Kier molecular flexibility index (Phi) is 10.3. The van der Waals surface area contributed by atoms with Crippen molar-refractivity contribution in [1.29, 1.82) is 0 Å². The molecule has 0 aromatic carbocycles. The molecular weight excluding hydrogens is 644 g/mol. The van der Waals surface area contributed by atoms with Crippen LogP contribution in [0.2, 0.25) is 0 Å². The van der Waals surface area contributed by atoms with Crippen molar-refractivity contribution in [1.82, 2.24) is 30.2 Å². The van der Waals surface area contributed by atoms with Crippen LogP contribution in [0.4, 0.5) is 29.2 Å². The molecule has 4 N–H and O–H groups in total. The van der Waals surface area contributed by atoms with E-state index in [0.29, 0.717) is 44.5 Å². The van der Waals surface area contributed by atoms with Crippen molar-refractivity contribution < 1.29 is 31.8 Å². The van der Waals surface area contributed by atoms with Crippen molar-refractivity contribution in [2.45, 2.75) is 65.7 Å². The summed E-state index contributed by atoms with van der Waals surface area (Å²) in [5.74, 6) is -0.0346. The lowest BCUT2D eigenvalue weighted by Crippen LogP contribution is -2.48. The van der Waals surface area contributed by atoms with Crippen LogP contribution in [-0.4, -0.2) is 90.0 Å². The van der Waals surface area contributed by atoms with Crippen molar-refractivity contribution in [2.24, 2.45) is 17.3 Å². The van der Waals surface area contributed by atoms with E-state index in [1.54, 1.807) is 0 Å². The van der Waals surface area contributed by atoms with Gasteiger partial charge in [0.2, 0.25) is 5.88 Å². The smallest absolute Gasteiger partial charge is 0.418 e. The van der Waals surface area contributed by atoms with Crippen LogP contribution in [0.15, 0.2) is 6.07 Å². The number of piperidine rings is 1. The van der Waals surface area contributed by atoms with Crippen LogP contribution in [0.25, 0.3) is 22.2 Å². The maximum Gasteiger partial charge on any atom is 0.418 e. The molecule has 3 aromatic heterocycles. The number of hydrogen-bond acceptors (Lipinski definition) is 11. The van der Waals surface area contributed by atoms with Gasteiger partial charge in [-0.2, -0.15) is 23.1 Å². The fourth-order valence-corrected chi connectivity index (χ4v) is 7.18. The van der Waals surface area contributed by atoms with Crippen LogP contribution in [0, 0.1) is 30.0 Å². The first-order chi connectivity index (χ1) is 23.5. The number of anilines is 2. The summed E-state index contributed by atoms with van der Waals surface area (Å²) < 4.78 is 77.8. The number of aromatic nitrogens is 4. The number of hydrogen-bond donors (Lipinski definition) is 3. The number of halogens is 4. The highest BCUT2D eigenvalue weighted by molar-refractivity contribution is 5.96. The third kappa shape index (κ3) is 7.78. The van der Waals surface area contributed by atoms with Crippen LogP contribution < -0.4 is 25.8 Å². The number of nitrogens with two attached hydrogens (primary N) is 1. The molecule has 3 unspecified atom stereocenters. The maximum atomic E-state index is 16.6. The molecule has 15 heteroatoms. The van der Waals surface area contributed by atoms with E-state index in [0.717, 1.165) is 51.8 Å². The molecule has 0 amide bonds. The summed E-state index contributed by atoms with van der Waals surface area (Å²) >= 11 is 0. The van der Waals surface area contributed by atoms with Crippen molar-refractivity contribution in [3.63, 3.8) is 0 Å². The van der Waals surface area contributed by atoms with E-state index >= 15 is 4.39 Å². The van der Waals surface area contributed by atoms with E-state index < -0.39 is 40.6 Å². The van der Waals surface area contributed by atoms with E-state index in [4.69, 9.17) is 19.9 Å². The Morgan fingerprint density at radius 2 is 1.80 bits per heavy atom. The molecule has 3 aliphatic heterocycles. The zero-order valence-electron chi connectivity index (χ0n) is 28.6. The number of alkyl halides is 3. The van der Waals surface area contributed by atoms with Crippen LogP contribution in [-0.2, 0) is 10.9 Å². The molecule has 0 radical (unpaired) electrons. The summed E-state index contributed by atoms with van der Waals surface area (Å²) in [5, 5.41) is 6.65. The van der Waals surface area contributed by atoms with Crippen molar-refractivity contribution >= 4 is 22.5 Å². The van der Waals surface area contributed by atoms with E-state index in [9.17, 15) is 13.2 Å². The van der Waals surface area contributed by atoms with Gasteiger partial charge in [0.25, 0.3) is 0 Å². The molecule has 4 aliphatic rings. The second-order valence-corrected chi connectivity index (χ2v) is 13.6. The third-order valence-corrected chi connectivity index (χ3v) is 9.56. The van der Waals surface area contributed by atoms with Crippen LogP contribution in [0.1, 0.15) is 57.7 Å². The number of fused-ring (bicyclic) bond motifs is 2. The van der Waals surface area contributed by atoms with Crippen molar-refractivity contribution in [3.8, 4) is 23.1 Å². The number of aryl methyl sites for hydroxylation is 1. The highest BCUT2D eigenvalue weighted by Crippen LogP contribution is 2.48. The van der Waals surface area contributed by atoms with Crippen molar-refractivity contribution in [2.75, 3.05) is 70.1 Å². The lowest BCUT2D eigenvalue weighted by atomic mass is 9.87. The molecule has 1 aliphatic carbocycles. The van der Waals surface area contributed by atoms with E-state index in [1.807, 2.05) is 20.8 Å². The molecule has 11 nitrogen and oxygen atoms in total. The minimum absolute atomic E-state index is 0.0690. The van der Waals surface area contributed by atoms with Gasteiger partial charge in [0, 0.05) is 43.7 Å². The number of rotatable bonds is 6. The first kappa shape index (κ1) is 35.3. The predicted octanol–water partition coefficient (Wildman–Crippen LogP) is 5.46. The highest BCUT2D eigenvalue weighted by atomic mass is 19.4. The molecule has 6 heterocycles. The summed E-state index contributed by atoms with van der Waals surface area (Å²) in [6.45, 7) is 13.5. The van der Waals surface area contributed by atoms with Crippen LogP contribution >= 0.6 is 0 Å². The van der Waals surface area contributed by atoms with Gasteiger partial charge in [0.05, 0.1) is 37.2 Å². The summed E-state index contributed by atoms with van der Waals surface area (Å²) in [5.41, 5.74) is 2.88.